The molecule has 1 aromatic rings. The lowest BCUT2D eigenvalue weighted by Gasteiger charge is -2.12. The van der Waals surface area contributed by atoms with E-state index in [0.717, 1.165) is 12.3 Å². The van der Waals surface area contributed by atoms with E-state index in [2.05, 4.69) is 0 Å². The molecule has 1 aromatic carbocycles. The Morgan fingerprint density at radius 3 is 2.15 bits per heavy atom. The van der Waals surface area contributed by atoms with E-state index in [-0.39, 0.29) is 10.5 Å². The lowest BCUT2D eigenvalue weighted by Crippen LogP contribution is -2.34. The van der Waals surface area contributed by atoms with Gasteiger partial charge in [-0.15, -0.1) is 0 Å². The minimum Gasteiger partial charge on any atom is -0.224 e. The van der Waals surface area contributed by atoms with E-state index < -0.39 is 37.5 Å². The minimum absolute atomic E-state index is 0.145. The molecule has 0 saturated carbocycles. The van der Waals surface area contributed by atoms with Gasteiger partial charge < -0.3 is 0 Å². The summed E-state index contributed by atoms with van der Waals surface area (Å²) >= 11 is 0. The minimum atomic E-state index is -4.70. The molecule has 0 spiro atoms. The van der Waals surface area contributed by atoms with Crippen molar-refractivity contribution in [1.29, 1.82) is 0 Å². The van der Waals surface area contributed by atoms with Crippen molar-refractivity contribution in [3.63, 3.8) is 0 Å². The first-order valence-corrected chi connectivity index (χ1v) is 8.57. The normalized spacial score (nSPS) is 13.4. The summed E-state index contributed by atoms with van der Waals surface area (Å²) in [5.74, 6) is 0. The number of aryl methyl sites for hydroxylation is 1. The molecule has 0 heterocycles. The molecule has 0 aromatic heterocycles. The Bertz CT molecular complexity index is 709. The molecule has 0 aliphatic carbocycles. The second-order valence-electron chi connectivity index (χ2n) is 4.14. The lowest BCUT2D eigenvalue weighted by atomic mass is 10.2. The van der Waals surface area contributed by atoms with Gasteiger partial charge in [0, 0.05) is 6.26 Å². The zero-order chi connectivity index (χ0) is 15.8. The number of hydrogen-bond acceptors (Lipinski definition) is 4. The number of alkyl halides is 3. The van der Waals surface area contributed by atoms with E-state index in [1.54, 1.807) is 0 Å². The summed E-state index contributed by atoms with van der Waals surface area (Å²) < 4.78 is 83.8. The Kier molecular flexibility index (Phi) is 4.52. The van der Waals surface area contributed by atoms with Crippen LogP contribution in [0.25, 0.3) is 0 Å². The molecule has 1 N–H and O–H groups in total. The van der Waals surface area contributed by atoms with Crippen LogP contribution < -0.4 is 4.72 Å². The van der Waals surface area contributed by atoms with Gasteiger partial charge in [-0.25, -0.2) is 21.6 Å². The van der Waals surface area contributed by atoms with Gasteiger partial charge in [0.2, 0.25) is 10.0 Å². The zero-order valence-electron chi connectivity index (χ0n) is 10.5. The summed E-state index contributed by atoms with van der Waals surface area (Å²) in [6, 6.07) is 3.25. The molecule has 0 fully saturated rings. The van der Waals surface area contributed by atoms with Crippen molar-refractivity contribution in [2.24, 2.45) is 0 Å². The first-order chi connectivity index (χ1) is 8.83. The highest BCUT2D eigenvalue weighted by atomic mass is 32.2. The Labute approximate surface area is 114 Å². The quantitative estimate of drug-likeness (QED) is 0.900. The van der Waals surface area contributed by atoms with Crippen molar-refractivity contribution >= 4 is 19.9 Å². The maximum atomic E-state index is 12.0. The third-order valence-corrected chi connectivity index (χ3v) is 4.99. The second kappa shape index (κ2) is 5.34. The van der Waals surface area contributed by atoms with Crippen molar-refractivity contribution in [2.45, 2.75) is 22.9 Å². The molecular weight excluding hydrogens is 319 g/mol. The van der Waals surface area contributed by atoms with Crippen LogP contribution in [-0.4, -0.2) is 35.8 Å². The number of sulfonamides is 1. The number of nitrogens with one attached hydrogen (secondary N) is 1. The standard InChI is InChI=1S/C10H12F3NO4S2/c1-7-3-4-8(19(2,15)16)5-9(7)20(17,18)14-6-10(11,12)13/h3-5,14H,6H2,1-2H3. The lowest BCUT2D eigenvalue weighted by molar-refractivity contribution is -0.121. The van der Waals surface area contributed by atoms with Gasteiger partial charge in [0.15, 0.2) is 9.84 Å². The first-order valence-electron chi connectivity index (χ1n) is 5.20. The molecule has 0 saturated heterocycles. The molecule has 0 aliphatic rings. The molecule has 0 atom stereocenters. The van der Waals surface area contributed by atoms with Gasteiger partial charge in [-0.2, -0.15) is 13.2 Å². The summed E-state index contributed by atoms with van der Waals surface area (Å²) in [6.45, 7) is -0.369. The van der Waals surface area contributed by atoms with Gasteiger partial charge in [0.25, 0.3) is 0 Å². The highest BCUT2D eigenvalue weighted by Crippen LogP contribution is 2.21. The van der Waals surface area contributed by atoms with Crippen LogP contribution >= 0.6 is 0 Å². The number of hydrogen-bond donors (Lipinski definition) is 1. The van der Waals surface area contributed by atoms with Crippen LogP contribution in [0.2, 0.25) is 0 Å². The average Bonchev–Trinajstić information content (AvgIpc) is 2.24. The maximum Gasteiger partial charge on any atom is 0.402 e. The van der Waals surface area contributed by atoms with E-state index in [4.69, 9.17) is 0 Å². The molecule has 0 aliphatic heterocycles. The van der Waals surface area contributed by atoms with Crippen LogP contribution in [0.1, 0.15) is 5.56 Å². The van der Waals surface area contributed by atoms with Crippen molar-refractivity contribution in [3.05, 3.63) is 23.8 Å². The van der Waals surface area contributed by atoms with E-state index >= 15 is 0 Å². The molecule has 0 unspecified atom stereocenters. The predicted octanol–water partition coefficient (Wildman–Crippen LogP) is 1.24. The molecule has 0 radical (unpaired) electrons. The van der Waals surface area contributed by atoms with Crippen molar-refractivity contribution in [2.75, 3.05) is 12.8 Å². The van der Waals surface area contributed by atoms with E-state index in [0.29, 0.717) is 0 Å². The van der Waals surface area contributed by atoms with E-state index in [1.165, 1.54) is 23.8 Å². The van der Waals surface area contributed by atoms with Crippen LogP contribution in [0.5, 0.6) is 0 Å². The van der Waals surface area contributed by atoms with E-state index in [1.807, 2.05) is 0 Å². The highest BCUT2D eigenvalue weighted by Gasteiger charge is 2.30. The Morgan fingerprint density at radius 1 is 1.15 bits per heavy atom. The van der Waals surface area contributed by atoms with Gasteiger partial charge in [0.05, 0.1) is 9.79 Å². The second-order valence-corrected chi connectivity index (χ2v) is 7.89. The average molecular weight is 331 g/mol. The van der Waals surface area contributed by atoms with Gasteiger partial charge in [-0.1, -0.05) is 6.07 Å². The smallest absolute Gasteiger partial charge is 0.224 e. The number of sulfone groups is 1. The SMILES string of the molecule is Cc1ccc(S(C)(=O)=O)cc1S(=O)(=O)NCC(F)(F)F. The fourth-order valence-corrected chi connectivity index (χ4v) is 3.36. The zero-order valence-corrected chi connectivity index (χ0v) is 12.2. The Hall–Kier alpha value is -1.13. The molecule has 1 rings (SSSR count). The fourth-order valence-electron chi connectivity index (χ4n) is 1.36. The molecule has 5 nitrogen and oxygen atoms in total. The summed E-state index contributed by atoms with van der Waals surface area (Å²) in [4.78, 5) is -0.778. The van der Waals surface area contributed by atoms with Gasteiger partial charge in [-0.05, 0) is 24.6 Å². The van der Waals surface area contributed by atoms with Crippen LogP contribution in [0.15, 0.2) is 28.0 Å². The molecular formula is C10H12F3NO4S2. The van der Waals surface area contributed by atoms with Crippen molar-refractivity contribution in [3.8, 4) is 0 Å². The molecule has 114 valence electrons. The third-order valence-electron chi connectivity index (χ3n) is 2.34. The van der Waals surface area contributed by atoms with Crippen molar-refractivity contribution < 1.29 is 30.0 Å². The van der Waals surface area contributed by atoms with Crippen LogP contribution in [0, 0.1) is 6.92 Å². The largest absolute Gasteiger partial charge is 0.402 e. The molecule has 0 amide bonds. The number of benzene rings is 1. The topological polar surface area (TPSA) is 80.3 Å². The van der Waals surface area contributed by atoms with Crippen molar-refractivity contribution in [1.82, 2.24) is 4.72 Å². The number of halogens is 3. The fraction of sp³-hybridized carbons (Fsp3) is 0.400. The third kappa shape index (κ3) is 4.46. The molecule has 10 heteroatoms. The molecule has 0 bridgehead atoms. The summed E-state index contributed by atoms with van der Waals surface area (Å²) in [6.07, 6.45) is -3.83. The van der Waals surface area contributed by atoms with Crippen LogP contribution in [0.3, 0.4) is 0 Å². The summed E-state index contributed by atoms with van der Waals surface area (Å²) in [7, 11) is -8.10. The van der Waals surface area contributed by atoms with E-state index in [9.17, 15) is 30.0 Å². The summed E-state index contributed by atoms with van der Waals surface area (Å²) in [5.41, 5.74) is 0.145. The maximum absolute atomic E-state index is 12.0. The van der Waals surface area contributed by atoms with Gasteiger partial charge >= 0.3 is 6.18 Å². The number of rotatable bonds is 4. The Morgan fingerprint density at radius 2 is 1.70 bits per heavy atom. The monoisotopic (exact) mass is 331 g/mol. The molecule has 20 heavy (non-hydrogen) atoms. The van der Waals surface area contributed by atoms with Gasteiger partial charge in [-0.3, -0.25) is 0 Å². The summed E-state index contributed by atoms with van der Waals surface area (Å²) in [5, 5.41) is 0. The van der Waals surface area contributed by atoms with Crippen LogP contribution in [0.4, 0.5) is 13.2 Å². The highest BCUT2D eigenvalue weighted by molar-refractivity contribution is 7.91. The Balaban J connectivity index is 3.25. The van der Waals surface area contributed by atoms with Gasteiger partial charge in [0.1, 0.15) is 6.54 Å². The predicted molar refractivity (Wildman–Crippen MR) is 65.5 cm³/mol. The van der Waals surface area contributed by atoms with Crippen LogP contribution in [-0.2, 0) is 19.9 Å². The first kappa shape index (κ1) is 16.9.